The first-order valence-electron chi connectivity index (χ1n) is 5.68. The van der Waals surface area contributed by atoms with Crippen LogP contribution in [0.25, 0.3) is 0 Å². The molecule has 1 aromatic rings. The van der Waals surface area contributed by atoms with Gasteiger partial charge in [-0.1, -0.05) is 13.0 Å². The highest BCUT2D eigenvalue weighted by atomic mass is 32.1. The second kappa shape index (κ2) is 5.33. The minimum atomic E-state index is -0.916. The van der Waals surface area contributed by atoms with Gasteiger partial charge < -0.3 is 4.90 Å². The van der Waals surface area contributed by atoms with Crippen molar-refractivity contribution in [1.82, 2.24) is 4.90 Å². The average molecular weight is 250 g/mol. The van der Waals surface area contributed by atoms with Gasteiger partial charge in [-0.3, -0.25) is 4.79 Å². The standard InChI is InChI=1S/C13H18N2OS/c1-5-13(3,9-14)12(16)15(4)10(2)11-7-6-8-17-11/h6-8,10H,5H2,1-4H3. The van der Waals surface area contributed by atoms with Crippen LogP contribution in [0.2, 0.25) is 0 Å². The Morgan fingerprint density at radius 1 is 1.71 bits per heavy atom. The van der Waals surface area contributed by atoms with Crippen LogP contribution in [0.1, 0.15) is 38.1 Å². The Bertz CT molecular complexity index is 421. The van der Waals surface area contributed by atoms with E-state index in [2.05, 4.69) is 6.07 Å². The summed E-state index contributed by atoms with van der Waals surface area (Å²) in [6, 6.07) is 6.12. The number of rotatable bonds is 4. The van der Waals surface area contributed by atoms with E-state index < -0.39 is 5.41 Å². The van der Waals surface area contributed by atoms with E-state index in [0.717, 1.165) is 4.88 Å². The van der Waals surface area contributed by atoms with Crippen LogP contribution < -0.4 is 0 Å². The molecule has 0 aliphatic carbocycles. The summed E-state index contributed by atoms with van der Waals surface area (Å²) in [6.45, 7) is 5.55. The first-order chi connectivity index (χ1) is 7.96. The molecule has 1 rings (SSSR count). The van der Waals surface area contributed by atoms with E-state index in [9.17, 15) is 4.79 Å². The van der Waals surface area contributed by atoms with Gasteiger partial charge in [0.05, 0.1) is 12.1 Å². The largest absolute Gasteiger partial charge is 0.337 e. The van der Waals surface area contributed by atoms with E-state index in [1.807, 2.05) is 31.4 Å². The highest BCUT2D eigenvalue weighted by Gasteiger charge is 2.35. The van der Waals surface area contributed by atoms with Crippen LogP contribution in [0.15, 0.2) is 17.5 Å². The molecule has 0 aliphatic rings. The van der Waals surface area contributed by atoms with Crippen molar-refractivity contribution in [2.24, 2.45) is 5.41 Å². The first kappa shape index (κ1) is 13.7. The monoisotopic (exact) mass is 250 g/mol. The van der Waals surface area contributed by atoms with Gasteiger partial charge in [0.25, 0.3) is 0 Å². The Kier molecular flexibility index (Phi) is 4.30. The minimum absolute atomic E-state index is 0.0155. The summed E-state index contributed by atoms with van der Waals surface area (Å²) in [4.78, 5) is 15.1. The van der Waals surface area contributed by atoms with Crippen LogP contribution in [-0.2, 0) is 4.79 Å². The number of nitrogens with zero attached hydrogens (tertiary/aromatic N) is 2. The molecule has 0 saturated heterocycles. The molecule has 2 atom stereocenters. The minimum Gasteiger partial charge on any atom is -0.337 e. The fourth-order valence-electron chi connectivity index (χ4n) is 1.56. The third kappa shape index (κ3) is 2.67. The summed E-state index contributed by atoms with van der Waals surface area (Å²) >= 11 is 1.63. The highest BCUT2D eigenvalue weighted by molar-refractivity contribution is 7.10. The predicted octanol–water partition coefficient (Wildman–Crippen LogP) is 3.21. The van der Waals surface area contributed by atoms with Crippen LogP contribution in [0, 0.1) is 16.7 Å². The zero-order valence-electron chi connectivity index (χ0n) is 10.7. The second-order valence-corrected chi connectivity index (χ2v) is 5.38. The molecule has 1 amide bonds. The van der Waals surface area contributed by atoms with Gasteiger partial charge in [0, 0.05) is 11.9 Å². The molecular formula is C13H18N2OS. The molecule has 2 unspecified atom stereocenters. The maximum atomic E-state index is 12.3. The third-order valence-electron chi connectivity index (χ3n) is 3.28. The lowest BCUT2D eigenvalue weighted by Gasteiger charge is -2.30. The van der Waals surface area contributed by atoms with Gasteiger partial charge >= 0.3 is 0 Å². The van der Waals surface area contributed by atoms with Crippen LogP contribution in [-0.4, -0.2) is 17.9 Å². The normalized spacial score (nSPS) is 15.7. The zero-order valence-corrected chi connectivity index (χ0v) is 11.5. The first-order valence-corrected chi connectivity index (χ1v) is 6.56. The van der Waals surface area contributed by atoms with Gasteiger partial charge in [-0.25, -0.2) is 0 Å². The fraction of sp³-hybridized carbons (Fsp3) is 0.538. The summed E-state index contributed by atoms with van der Waals surface area (Å²) in [5.74, 6) is -0.108. The van der Waals surface area contributed by atoms with E-state index in [4.69, 9.17) is 5.26 Å². The summed E-state index contributed by atoms with van der Waals surface area (Å²) in [6.07, 6.45) is 0.532. The number of carbonyl (C=O) groups excluding carboxylic acids is 1. The quantitative estimate of drug-likeness (QED) is 0.823. The average Bonchev–Trinajstić information content (AvgIpc) is 2.88. The Hall–Kier alpha value is -1.34. The Balaban J connectivity index is 2.88. The van der Waals surface area contributed by atoms with E-state index in [1.165, 1.54) is 0 Å². The van der Waals surface area contributed by atoms with Crippen molar-refractivity contribution in [3.05, 3.63) is 22.4 Å². The van der Waals surface area contributed by atoms with E-state index in [0.29, 0.717) is 6.42 Å². The second-order valence-electron chi connectivity index (χ2n) is 4.40. The van der Waals surface area contributed by atoms with Crippen molar-refractivity contribution in [3.8, 4) is 6.07 Å². The van der Waals surface area contributed by atoms with Crippen molar-refractivity contribution >= 4 is 17.2 Å². The summed E-state index contributed by atoms with van der Waals surface area (Å²) in [5.41, 5.74) is -0.916. The van der Waals surface area contributed by atoms with Gasteiger partial charge in [-0.2, -0.15) is 5.26 Å². The molecule has 0 N–H and O–H groups in total. The molecule has 0 aromatic carbocycles. The van der Waals surface area contributed by atoms with Gasteiger partial charge in [0.2, 0.25) is 5.91 Å². The van der Waals surface area contributed by atoms with Gasteiger partial charge in [0.15, 0.2) is 0 Å². The summed E-state index contributed by atoms with van der Waals surface area (Å²) < 4.78 is 0. The van der Waals surface area contributed by atoms with Crippen LogP contribution in [0.5, 0.6) is 0 Å². The molecule has 0 bridgehead atoms. The van der Waals surface area contributed by atoms with Gasteiger partial charge in [-0.15, -0.1) is 11.3 Å². The smallest absolute Gasteiger partial charge is 0.243 e. The molecule has 0 spiro atoms. The van der Waals surface area contributed by atoms with Crippen molar-refractivity contribution in [3.63, 3.8) is 0 Å². The van der Waals surface area contributed by atoms with E-state index in [1.54, 1.807) is 30.2 Å². The van der Waals surface area contributed by atoms with E-state index >= 15 is 0 Å². The molecule has 92 valence electrons. The van der Waals surface area contributed by atoms with Crippen molar-refractivity contribution in [2.75, 3.05) is 7.05 Å². The molecule has 1 aromatic heterocycles. The topological polar surface area (TPSA) is 44.1 Å². The van der Waals surface area contributed by atoms with Crippen molar-refractivity contribution < 1.29 is 4.79 Å². The molecule has 0 saturated carbocycles. The molecule has 17 heavy (non-hydrogen) atoms. The highest BCUT2D eigenvalue weighted by Crippen LogP contribution is 2.29. The lowest BCUT2D eigenvalue weighted by molar-refractivity contribution is -0.139. The Morgan fingerprint density at radius 2 is 2.35 bits per heavy atom. The molecule has 4 heteroatoms. The maximum absolute atomic E-state index is 12.3. The van der Waals surface area contributed by atoms with Crippen LogP contribution >= 0.6 is 11.3 Å². The molecule has 1 heterocycles. The summed E-state index contributed by atoms with van der Waals surface area (Å²) in [5, 5.41) is 11.1. The lowest BCUT2D eigenvalue weighted by atomic mass is 9.87. The van der Waals surface area contributed by atoms with Crippen molar-refractivity contribution in [2.45, 2.75) is 33.2 Å². The SMILES string of the molecule is CCC(C)(C#N)C(=O)N(C)C(C)c1cccs1. The van der Waals surface area contributed by atoms with Gasteiger partial charge in [-0.05, 0) is 31.7 Å². The van der Waals surface area contributed by atoms with E-state index in [-0.39, 0.29) is 11.9 Å². The number of thiophene rings is 1. The predicted molar refractivity (Wildman–Crippen MR) is 69.5 cm³/mol. The Morgan fingerprint density at radius 3 is 2.76 bits per heavy atom. The van der Waals surface area contributed by atoms with Gasteiger partial charge in [0.1, 0.15) is 5.41 Å². The lowest BCUT2D eigenvalue weighted by Crippen LogP contribution is -2.40. The molecule has 0 fully saturated rings. The third-order valence-corrected chi connectivity index (χ3v) is 4.32. The number of nitriles is 1. The number of hydrogen-bond acceptors (Lipinski definition) is 3. The van der Waals surface area contributed by atoms with Crippen LogP contribution in [0.3, 0.4) is 0 Å². The zero-order chi connectivity index (χ0) is 13.1. The number of carbonyl (C=O) groups is 1. The van der Waals surface area contributed by atoms with Crippen molar-refractivity contribution in [1.29, 1.82) is 5.26 Å². The number of amides is 1. The Labute approximate surface area is 107 Å². The molecule has 3 nitrogen and oxygen atoms in total. The summed E-state index contributed by atoms with van der Waals surface area (Å²) in [7, 11) is 1.76. The number of hydrogen-bond donors (Lipinski definition) is 0. The van der Waals surface area contributed by atoms with Crippen LogP contribution in [0.4, 0.5) is 0 Å². The fourth-order valence-corrected chi connectivity index (χ4v) is 2.39. The molecular weight excluding hydrogens is 232 g/mol. The molecule has 0 radical (unpaired) electrons. The maximum Gasteiger partial charge on any atom is 0.243 e. The molecule has 0 aliphatic heterocycles.